The van der Waals surface area contributed by atoms with E-state index in [4.69, 9.17) is 0 Å². The number of hydrogen-bond donors (Lipinski definition) is 1. The van der Waals surface area contributed by atoms with Gasteiger partial charge in [0.25, 0.3) is 0 Å². The number of carbonyl (C=O) groups excluding carboxylic acids is 2. The topological polar surface area (TPSA) is 86.8 Å². The third-order valence-corrected chi connectivity index (χ3v) is 8.55. The average molecular weight is 592 g/mol. The van der Waals surface area contributed by atoms with Gasteiger partial charge in [0.1, 0.15) is 6.04 Å². The van der Waals surface area contributed by atoms with Gasteiger partial charge in [-0.25, -0.2) is 8.42 Å². The maximum Gasteiger partial charge on any atom is 0.243 e. The van der Waals surface area contributed by atoms with Crippen molar-refractivity contribution in [3.8, 4) is 0 Å². The van der Waals surface area contributed by atoms with E-state index in [1.165, 1.54) is 10.6 Å². The van der Waals surface area contributed by atoms with Crippen molar-refractivity contribution in [2.75, 3.05) is 17.1 Å². The lowest BCUT2D eigenvalue weighted by molar-refractivity contribution is -0.142. The largest absolute Gasteiger partial charge is 0.350 e. The minimum Gasteiger partial charge on any atom is -0.350 e. The van der Waals surface area contributed by atoms with Gasteiger partial charge in [0.15, 0.2) is 0 Å². The molecule has 0 aliphatic carbocycles. The Kier molecular flexibility index (Phi) is 11.0. The maximum atomic E-state index is 14.0. The van der Waals surface area contributed by atoms with E-state index in [1.807, 2.05) is 108 Å². The summed E-state index contributed by atoms with van der Waals surface area (Å²) in [6, 6.07) is 22.4. The van der Waals surface area contributed by atoms with Crippen LogP contribution in [0.3, 0.4) is 0 Å². The Hall–Kier alpha value is -3.65. The Morgan fingerprint density at radius 1 is 0.857 bits per heavy atom. The third-order valence-electron chi connectivity index (χ3n) is 7.37. The van der Waals surface area contributed by atoms with Crippen molar-refractivity contribution in [1.29, 1.82) is 0 Å². The predicted octanol–water partition coefficient (Wildman–Crippen LogP) is 5.71. The van der Waals surface area contributed by atoms with Crippen molar-refractivity contribution in [2.24, 2.45) is 0 Å². The van der Waals surface area contributed by atoms with Gasteiger partial charge in [0, 0.05) is 31.5 Å². The third kappa shape index (κ3) is 9.18. The molecule has 8 heteroatoms. The van der Waals surface area contributed by atoms with Gasteiger partial charge in [0.2, 0.25) is 21.8 Å². The lowest BCUT2D eigenvalue weighted by Crippen LogP contribution is -2.54. The van der Waals surface area contributed by atoms with Crippen molar-refractivity contribution in [2.45, 2.75) is 78.9 Å². The zero-order valence-electron chi connectivity index (χ0n) is 26.0. The lowest BCUT2D eigenvalue weighted by atomic mass is 9.99. The number of sulfonamides is 1. The number of nitrogens with one attached hydrogen (secondary N) is 1. The van der Waals surface area contributed by atoms with Gasteiger partial charge in [-0.1, -0.05) is 66.7 Å². The van der Waals surface area contributed by atoms with Crippen LogP contribution < -0.4 is 9.62 Å². The fraction of sp³-hybridized carbons (Fsp3) is 0.412. The van der Waals surface area contributed by atoms with Crippen LogP contribution in [0.15, 0.2) is 72.8 Å². The van der Waals surface area contributed by atoms with Gasteiger partial charge in [-0.05, 0) is 81.8 Å². The second-order valence-electron chi connectivity index (χ2n) is 12.1. The molecule has 0 bridgehead atoms. The first kappa shape index (κ1) is 32.9. The van der Waals surface area contributed by atoms with Crippen LogP contribution in [0.25, 0.3) is 0 Å². The highest BCUT2D eigenvalue weighted by Gasteiger charge is 2.32. The SMILES string of the molecule is Cc1ccccc1CN(C(=O)CCCN(c1cccc(C)c1C)S(C)(=O)=O)C(Cc1ccccc1)C(=O)NC(C)(C)C. The Labute approximate surface area is 252 Å². The molecule has 1 unspecified atom stereocenters. The summed E-state index contributed by atoms with van der Waals surface area (Å²) in [5.41, 5.74) is 4.96. The number of rotatable bonds is 12. The molecular weight excluding hydrogens is 546 g/mol. The van der Waals surface area contributed by atoms with E-state index in [9.17, 15) is 18.0 Å². The van der Waals surface area contributed by atoms with Crippen LogP contribution in [0.1, 0.15) is 61.4 Å². The molecule has 1 N–H and O–H groups in total. The molecule has 3 aromatic carbocycles. The number of carbonyl (C=O) groups is 2. The summed E-state index contributed by atoms with van der Waals surface area (Å²) in [6.07, 6.45) is 1.95. The van der Waals surface area contributed by atoms with Gasteiger partial charge >= 0.3 is 0 Å². The number of aryl methyl sites for hydroxylation is 2. The zero-order valence-corrected chi connectivity index (χ0v) is 26.8. The summed E-state index contributed by atoms with van der Waals surface area (Å²) in [6.45, 7) is 12.0. The second kappa shape index (κ2) is 14.0. The fourth-order valence-corrected chi connectivity index (χ4v) is 5.98. The van der Waals surface area contributed by atoms with E-state index in [1.54, 1.807) is 11.0 Å². The van der Waals surface area contributed by atoms with E-state index in [2.05, 4.69) is 5.32 Å². The van der Waals surface area contributed by atoms with Crippen LogP contribution in [0.5, 0.6) is 0 Å². The van der Waals surface area contributed by atoms with Crippen LogP contribution in [0.2, 0.25) is 0 Å². The maximum absolute atomic E-state index is 14.0. The summed E-state index contributed by atoms with van der Waals surface area (Å²) in [5.74, 6) is -0.418. The van der Waals surface area contributed by atoms with Gasteiger partial charge in [-0.2, -0.15) is 0 Å². The quantitative estimate of drug-likeness (QED) is 0.292. The summed E-state index contributed by atoms with van der Waals surface area (Å²) in [4.78, 5) is 29.5. The average Bonchev–Trinajstić information content (AvgIpc) is 2.90. The molecular formula is C34H45N3O4S. The standard InChI is InChI=1S/C34H45N3O4S/c1-25-16-13-20-30(27(25)3)37(42(7,40)41)22-14-21-32(38)36(24-29-19-12-11-15-26(29)2)31(33(39)35-34(4,5)6)23-28-17-9-8-10-18-28/h8-13,15-20,31H,14,21-24H2,1-7H3,(H,35,39). The molecule has 0 radical (unpaired) electrons. The number of amides is 2. The van der Waals surface area contributed by atoms with Gasteiger partial charge in [-0.3, -0.25) is 13.9 Å². The van der Waals surface area contributed by atoms with E-state index in [0.29, 0.717) is 18.5 Å². The summed E-state index contributed by atoms with van der Waals surface area (Å²) in [5, 5.41) is 3.08. The number of nitrogens with zero attached hydrogens (tertiary/aromatic N) is 2. The highest BCUT2D eigenvalue weighted by Crippen LogP contribution is 2.26. The molecule has 0 fully saturated rings. The molecule has 0 aliphatic rings. The van der Waals surface area contributed by atoms with Crippen molar-refractivity contribution < 1.29 is 18.0 Å². The Morgan fingerprint density at radius 3 is 2.10 bits per heavy atom. The molecule has 42 heavy (non-hydrogen) atoms. The number of benzene rings is 3. The Bertz CT molecular complexity index is 1480. The molecule has 226 valence electrons. The second-order valence-corrected chi connectivity index (χ2v) is 14.0. The van der Waals surface area contributed by atoms with E-state index in [-0.39, 0.29) is 31.3 Å². The minimum atomic E-state index is -3.58. The van der Waals surface area contributed by atoms with Crippen molar-refractivity contribution in [1.82, 2.24) is 10.2 Å². The zero-order chi connectivity index (χ0) is 31.1. The molecule has 0 spiro atoms. The molecule has 3 aromatic rings. The molecule has 0 aromatic heterocycles. The highest BCUT2D eigenvalue weighted by atomic mass is 32.2. The summed E-state index contributed by atoms with van der Waals surface area (Å²) >= 11 is 0. The van der Waals surface area contributed by atoms with Gasteiger partial charge < -0.3 is 10.2 Å². The van der Waals surface area contributed by atoms with Crippen LogP contribution in [0, 0.1) is 20.8 Å². The summed E-state index contributed by atoms with van der Waals surface area (Å²) < 4.78 is 27.0. The normalized spacial score (nSPS) is 12.5. The molecule has 7 nitrogen and oxygen atoms in total. The summed E-state index contributed by atoms with van der Waals surface area (Å²) in [7, 11) is -3.58. The van der Waals surface area contributed by atoms with Crippen LogP contribution >= 0.6 is 0 Å². The van der Waals surface area contributed by atoms with Crippen molar-refractivity contribution in [3.63, 3.8) is 0 Å². The minimum absolute atomic E-state index is 0.0941. The Morgan fingerprint density at radius 2 is 1.48 bits per heavy atom. The van der Waals surface area contributed by atoms with Crippen molar-refractivity contribution in [3.05, 3.63) is 101 Å². The van der Waals surface area contributed by atoms with Crippen LogP contribution in [0.4, 0.5) is 5.69 Å². The Balaban J connectivity index is 1.93. The molecule has 3 rings (SSSR count). The van der Waals surface area contributed by atoms with E-state index < -0.39 is 21.6 Å². The van der Waals surface area contributed by atoms with E-state index >= 15 is 0 Å². The van der Waals surface area contributed by atoms with Gasteiger partial charge in [0.05, 0.1) is 11.9 Å². The van der Waals surface area contributed by atoms with E-state index in [0.717, 1.165) is 27.8 Å². The number of hydrogen-bond acceptors (Lipinski definition) is 4. The smallest absolute Gasteiger partial charge is 0.243 e. The fourth-order valence-electron chi connectivity index (χ4n) is 4.97. The molecule has 0 saturated heterocycles. The first-order valence-electron chi connectivity index (χ1n) is 14.4. The van der Waals surface area contributed by atoms with Crippen LogP contribution in [-0.4, -0.2) is 49.5 Å². The highest BCUT2D eigenvalue weighted by molar-refractivity contribution is 7.92. The van der Waals surface area contributed by atoms with Gasteiger partial charge in [-0.15, -0.1) is 0 Å². The monoisotopic (exact) mass is 591 g/mol. The van der Waals surface area contributed by atoms with Crippen molar-refractivity contribution >= 4 is 27.5 Å². The lowest BCUT2D eigenvalue weighted by Gasteiger charge is -2.34. The molecule has 2 amide bonds. The molecule has 0 heterocycles. The predicted molar refractivity (Wildman–Crippen MR) is 171 cm³/mol. The molecule has 0 aliphatic heterocycles. The molecule has 0 saturated carbocycles. The first-order chi connectivity index (χ1) is 19.7. The molecule has 1 atom stereocenters. The van der Waals surface area contributed by atoms with Crippen LogP contribution in [-0.2, 0) is 32.6 Å². The first-order valence-corrected chi connectivity index (χ1v) is 16.3. The number of anilines is 1.